The average molecular weight is 266 g/mol. The largest absolute Gasteiger partial charge is 0.366 e. The van der Waals surface area contributed by atoms with Crippen molar-refractivity contribution in [1.29, 1.82) is 5.26 Å². The zero-order valence-electron chi connectivity index (χ0n) is 9.33. The van der Waals surface area contributed by atoms with Crippen LogP contribution in [-0.2, 0) is 14.3 Å². The molecule has 94 valence electrons. The number of carbonyl (C=O) groups is 1. The van der Waals surface area contributed by atoms with Gasteiger partial charge in [-0.15, -0.1) is 0 Å². The number of amides is 1. The van der Waals surface area contributed by atoms with Gasteiger partial charge in [-0.25, -0.2) is 0 Å². The van der Waals surface area contributed by atoms with Gasteiger partial charge in [-0.1, -0.05) is 11.8 Å². The average Bonchev–Trinajstić information content (AvgIpc) is 2.94. The van der Waals surface area contributed by atoms with Crippen LogP contribution in [0.2, 0.25) is 0 Å². The van der Waals surface area contributed by atoms with Crippen LogP contribution in [0.25, 0.3) is 0 Å². The van der Waals surface area contributed by atoms with Crippen LogP contribution in [0.5, 0.6) is 0 Å². The van der Waals surface area contributed by atoms with Crippen molar-refractivity contribution in [3.05, 3.63) is 10.6 Å². The lowest BCUT2D eigenvalue weighted by molar-refractivity contribution is -0.271. The number of rotatable bonds is 0. The number of thioether (sulfide) groups is 1. The zero-order chi connectivity index (χ0) is 12.5. The van der Waals surface area contributed by atoms with Crippen molar-refractivity contribution in [2.75, 3.05) is 12.4 Å². The van der Waals surface area contributed by atoms with Gasteiger partial charge in [0.15, 0.2) is 5.72 Å². The number of nitrogens with zero attached hydrogens (tertiary/aromatic N) is 2. The summed E-state index contributed by atoms with van der Waals surface area (Å²) in [7, 11) is 0. The van der Waals surface area contributed by atoms with Gasteiger partial charge in [0, 0.05) is 12.3 Å². The minimum atomic E-state index is -1.45. The first-order chi connectivity index (χ1) is 8.65. The quantitative estimate of drug-likeness (QED) is 0.651. The zero-order valence-corrected chi connectivity index (χ0v) is 10.1. The highest BCUT2D eigenvalue weighted by Gasteiger charge is 2.63. The van der Waals surface area contributed by atoms with E-state index in [1.54, 1.807) is 0 Å². The maximum atomic E-state index is 11.9. The predicted molar refractivity (Wildman–Crippen MR) is 59.6 cm³/mol. The molecular weight excluding hydrogens is 256 g/mol. The first kappa shape index (κ1) is 10.8. The van der Waals surface area contributed by atoms with E-state index in [2.05, 4.69) is 6.07 Å². The third-order valence-electron chi connectivity index (χ3n) is 3.95. The summed E-state index contributed by atoms with van der Waals surface area (Å²) in [5.74, 6) is -0.114. The number of aliphatic hydroxyl groups is 1. The van der Waals surface area contributed by atoms with Crippen molar-refractivity contribution < 1.29 is 19.4 Å². The Hall–Kier alpha value is -1.07. The number of hydrogen-bond acceptors (Lipinski definition) is 6. The Kier molecular flexibility index (Phi) is 1.97. The van der Waals surface area contributed by atoms with Gasteiger partial charge in [0.25, 0.3) is 0 Å². The minimum Gasteiger partial charge on any atom is -0.366 e. The molecule has 1 N–H and O–H groups in total. The summed E-state index contributed by atoms with van der Waals surface area (Å²) in [4.78, 5) is 13.2. The highest BCUT2D eigenvalue weighted by Crippen LogP contribution is 2.53. The second-order valence-electron chi connectivity index (χ2n) is 4.88. The minimum absolute atomic E-state index is 0.177. The van der Waals surface area contributed by atoms with Gasteiger partial charge in [0.05, 0.1) is 35.1 Å². The van der Waals surface area contributed by atoms with Crippen LogP contribution in [0, 0.1) is 17.2 Å². The Bertz CT molecular complexity index is 528. The van der Waals surface area contributed by atoms with E-state index in [1.165, 1.54) is 16.7 Å². The molecule has 3 saturated heterocycles. The molecular formula is C11H10N2O4S. The van der Waals surface area contributed by atoms with Crippen LogP contribution < -0.4 is 0 Å². The third kappa shape index (κ3) is 1.07. The summed E-state index contributed by atoms with van der Waals surface area (Å²) in [5.41, 5.74) is -0.905. The van der Waals surface area contributed by atoms with E-state index < -0.39 is 12.0 Å². The Morgan fingerprint density at radius 3 is 3.22 bits per heavy atom. The maximum absolute atomic E-state index is 11.9. The highest BCUT2D eigenvalue weighted by molar-refractivity contribution is 8.04. The Morgan fingerprint density at radius 1 is 1.61 bits per heavy atom. The van der Waals surface area contributed by atoms with Gasteiger partial charge < -0.3 is 14.6 Å². The monoisotopic (exact) mass is 266 g/mol. The van der Waals surface area contributed by atoms with E-state index >= 15 is 0 Å². The molecule has 4 rings (SSSR count). The first-order valence-electron chi connectivity index (χ1n) is 5.75. The maximum Gasteiger partial charge on any atom is 0.240 e. The normalized spacial score (nSPS) is 45.2. The Labute approximate surface area is 107 Å². The van der Waals surface area contributed by atoms with Crippen LogP contribution in [0.1, 0.15) is 6.42 Å². The van der Waals surface area contributed by atoms with E-state index in [9.17, 15) is 15.2 Å². The molecule has 3 fully saturated rings. The van der Waals surface area contributed by atoms with E-state index in [1.807, 2.05) is 0 Å². The van der Waals surface area contributed by atoms with Crippen molar-refractivity contribution >= 4 is 17.7 Å². The molecule has 4 heterocycles. The molecule has 0 unspecified atom stereocenters. The topological polar surface area (TPSA) is 82.8 Å². The molecule has 4 atom stereocenters. The molecule has 0 aromatic rings. The van der Waals surface area contributed by atoms with Gasteiger partial charge >= 0.3 is 0 Å². The Morgan fingerprint density at radius 2 is 2.44 bits per heavy atom. The summed E-state index contributed by atoms with van der Waals surface area (Å²) in [6.07, 6.45) is -0.659. The fourth-order valence-electron chi connectivity index (χ4n) is 3.16. The molecule has 4 aliphatic rings. The number of ether oxygens (including phenoxy) is 2. The lowest BCUT2D eigenvalue weighted by Gasteiger charge is -2.48. The van der Waals surface area contributed by atoms with Gasteiger partial charge in [0.1, 0.15) is 0 Å². The van der Waals surface area contributed by atoms with Crippen molar-refractivity contribution in [2.45, 2.75) is 24.5 Å². The second-order valence-corrected chi connectivity index (χ2v) is 5.84. The van der Waals surface area contributed by atoms with Crippen LogP contribution in [0.15, 0.2) is 10.6 Å². The van der Waals surface area contributed by atoms with Crippen LogP contribution in [0.3, 0.4) is 0 Å². The summed E-state index contributed by atoms with van der Waals surface area (Å²) >= 11 is 1.32. The molecule has 18 heavy (non-hydrogen) atoms. The molecule has 0 spiro atoms. The van der Waals surface area contributed by atoms with Crippen molar-refractivity contribution in [1.82, 2.24) is 4.90 Å². The summed E-state index contributed by atoms with van der Waals surface area (Å²) in [5, 5.41) is 20.6. The molecule has 0 aromatic heterocycles. The van der Waals surface area contributed by atoms with Crippen molar-refractivity contribution in [2.24, 2.45) is 5.92 Å². The molecule has 6 nitrogen and oxygen atoms in total. The molecule has 0 aliphatic carbocycles. The highest BCUT2D eigenvalue weighted by atomic mass is 32.2. The first-order valence-corrected chi connectivity index (χ1v) is 6.73. The second kappa shape index (κ2) is 3.27. The molecule has 0 aromatic carbocycles. The summed E-state index contributed by atoms with van der Waals surface area (Å²) in [6.45, 7) is 0.364. The van der Waals surface area contributed by atoms with E-state index in [0.717, 1.165) is 0 Å². The molecule has 0 saturated carbocycles. The van der Waals surface area contributed by atoms with E-state index in [4.69, 9.17) is 9.47 Å². The number of fused-ring (bicyclic) bond motifs is 8. The SMILES string of the molecule is N#CC1=C2SCC(=O)N2[C@]2(O)C[C@H]1[C@H]1CO[C@@H]2O1. The predicted octanol–water partition coefficient (Wildman–Crippen LogP) is -0.239. The fourth-order valence-corrected chi connectivity index (χ4v) is 4.29. The van der Waals surface area contributed by atoms with E-state index in [0.29, 0.717) is 23.6 Å². The van der Waals surface area contributed by atoms with Gasteiger partial charge in [-0.3, -0.25) is 9.69 Å². The lowest BCUT2D eigenvalue weighted by atomic mass is 9.81. The molecule has 4 bridgehead atoms. The molecule has 0 radical (unpaired) electrons. The molecule has 4 aliphatic heterocycles. The van der Waals surface area contributed by atoms with Crippen LogP contribution in [-0.4, -0.2) is 46.4 Å². The number of carbonyl (C=O) groups excluding carboxylic acids is 1. The van der Waals surface area contributed by atoms with Crippen molar-refractivity contribution in [3.63, 3.8) is 0 Å². The standard InChI is InChI=1S/C11H10N2O4S/c12-2-6-5-1-11(15,10-16-3-7(5)17-10)13-8(14)4-18-9(6)13/h5,7,10,15H,1,3-4H2/t5-,7-,10-,11+/m1/s1. The number of nitriles is 1. The van der Waals surface area contributed by atoms with Crippen molar-refractivity contribution in [3.8, 4) is 6.07 Å². The fraction of sp³-hybridized carbons (Fsp3) is 0.636. The summed E-state index contributed by atoms with van der Waals surface area (Å²) < 4.78 is 11.0. The molecule has 7 heteroatoms. The van der Waals surface area contributed by atoms with Crippen LogP contribution >= 0.6 is 11.8 Å². The number of hydrogen-bond donors (Lipinski definition) is 1. The molecule has 1 amide bonds. The van der Waals surface area contributed by atoms with Gasteiger partial charge in [-0.05, 0) is 0 Å². The van der Waals surface area contributed by atoms with Gasteiger partial charge in [-0.2, -0.15) is 5.26 Å². The Balaban J connectivity index is 1.94. The van der Waals surface area contributed by atoms with Crippen LogP contribution in [0.4, 0.5) is 0 Å². The van der Waals surface area contributed by atoms with Gasteiger partial charge in [0.2, 0.25) is 12.2 Å². The smallest absolute Gasteiger partial charge is 0.240 e. The summed E-state index contributed by atoms with van der Waals surface area (Å²) in [6, 6.07) is 2.17. The van der Waals surface area contributed by atoms with E-state index in [-0.39, 0.29) is 23.7 Å². The lowest BCUT2D eigenvalue weighted by Crippen LogP contribution is -2.63. The third-order valence-corrected chi connectivity index (χ3v) is 5.02.